The van der Waals surface area contributed by atoms with Crippen LogP contribution in [0, 0.1) is 13.8 Å². The molecule has 5 nitrogen and oxygen atoms in total. The van der Waals surface area contributed by atoms with E-state index >= 15 is 0 Å². The smallest absolute Gasteiger partial charge is 0.274 e. The van der Waals surface area contributed by atoms with Gasteiger partial charge in [0.1, 0.15) is 5.69 Å². The van der Waals surface area contributed by atoms with Gasteiger partial charge in [-0.2, -0.15) is 0 Å². The molecule has 0 fully saturated rings. The Labute approximate surface area is 181 Å². The molecule has 1 amide bonds. The second-order valence-corrected chi connectivity index (χ2v) is 7.90. The standard InChI is InChI=1S/C24H25ClN4O/c1-14-12-21(28-22-13-27-11-10-16(14)22)24(30)29-20-9-5-7-18(23(20)25)17-6-4-8-19(26-3)15(17)2/h4-9,12,26-27H,10-11,13H2,1-3H3,(H,29,30). The quantitative estimate of drug-likeness (QED) is 0.558. The molecule has 0 spiro atoms. The van der Waals surface area contributed by atoms with Crippen LogP contribution in [0.5, 0.6) is 0 Å². The first kappa shape index (κ1) is 20.4. The Bertz CT molecular complexity index is 1130. The zero-order chi connectivity index (χ0) is 21.3. The van der Waals surface area contributed by atoms with E-state index in [1.807, 2.05) is 56.4 Å². The van der Waals surface area contributed by atoms with E-state index in [1.165, 1.54) is 5.56 Å². The summed E-state index contributed by atoms with van der Waals surface area (Å²) in [5.74, 6) is -0.258. The third-order valence-electron chi connectivity index (χ3n) is 5.65. The normalized spacial score (nSPS) is 12.9. The van der Waals surface area contributed by atoms with Gasteiger partial charge < -0.3 is 16.0 Å². The summed E-state index contributed by atoms with van der Waals surface area (Å²) in [5, 5.41) is 9.97. The SMILES string of the molecule is CNc1cccc(-c2cccc(NC(=O)c3cc(C)c4c(n3)CNCC4)c2Cl)c1C. The van der Waals surface area contributed by atoms with Gasteiger partial charge in [0.05, 0.1) is 16.4 Å². The molecule has 1 aliphatic rings. The third kappa shape index (κ3) is 3.78. The van der Waals surface area contributed by atoms with Crippen LogP contribution in [0.3, 0.4) is 0 Å². The van der Waals surface area contributed by atoms with Crippen molar-refractivity contribution < 1.29 is 4.79 Å². The molecule has 2 aromatic carbocycles. The number of nitrogens with zero attached hydrogens (tertiary/aromatic N) is 1. The fraction of sp³-hybridized carbons (Fsp3) is 0.250. The molecule has 2 heterocycles. The van der Waals surface area contributed by atoms with E-state index in [9.17, 15) is 4.79 Å². The van der Waals surface area contributed by atoms with Gasteiger partial charge in [0, 0.05) is 24.8 Å². The first-order chi connectivity index (χ1) is 14.5. The zero-order valence-electron chi connectivity index (χ0n) is 17.4. The second kappa shape index (κ2) is 8.46. The number of hydrogen-bond donors (Lipinski definition) is 3. The molecule has 30 heavy (non-hydrogen) atoms. The third-order valence-corrected chi connectivity index (χ3v) is 6.06. The molecule has 154 valence electrons. The number of benzene rings is 2. The van der Waals surface area contributed by atoms with Crippen molar-refractivity contribution >= 4 is 28.9 Å². The lowest BCUT2D eigenvalue weighted by Crippen LogP contribution is -2.27. The van der Waals surface area contributed by atoms with E-state index in [0.29, 0.717) is 22.9 Å². The number of aryl methyl sites for hydroxylation is 1. The van der Waals surface area contributed by atoms with Crippen molar-refractivity contribution in [3.05, 3.63) is 75.6 Å². The van der Waals surface area contributed by atoms with Crippen molar-refractivity contribution in [3.8, 4) is 11.1 Å². The van der Waals surface area contributed by atoms with Gasteiger partial charge in [-0.25, -0.2) is 4.98 Å². The van der Waals surface area contributed by atoms with Gasteiger partial charge in [-0.15, -0.1) is 0 Å². The lowest BCUT2D eigenvalue weighted by atomic mass is 9.98. The lowest BCUT2D eigenvalue weighted by Gasteiger charge is -2.19. The monoisotopic (exact) mass is 420 g/mol. The Morgan fingerprint density at radius 2 is 1.83 bits per heavy atom. The largest absolute Gasteiger partial charge is 0.388 e. The number of carbonyl (C=O) groups is 1. The first-order valence-corrected chi connectivity index (χ1v) is 10.4. The topological polar surface area (TPSA) is 66.0 Å². The molecule has 3 aromatic rings. The fourth-order valence-corrected chi connectivity index (χ4v) is 4.29. The minimum Gasteiger partial charge on any atom is -0.388 e. The lowest BCUT2D eigenvalue weighted by molar-refractivity contribution is 0.102. The van der Waals surface area contributed by atoms with Crippen molar-refractivity contribution in [2.24, 2.45) is 0 Å². The first-order valence-electron chi connectivity index (χ1n) is 10.1. The zero-order valence-corrected chi connectivity index (χ0v) is 18.2. The summed E-state index contributed by atoms with van der Waals surface area (Å²) in [6, 6.07) is 13.6. The molecular weight excluding hydrogens is 396 g/mol. The predicted molar refractivity (Wildman–Crippen MR) is 124 cm³/mol. The van der Waals surface area contributed by atoms with Crippen molar-refractivity contribution in [2.45, 2.75) is 26.8 Å². The van der Waals surface area contributed by atoms with Crippen LogP contribution in [-0.4, -0.2) is 24.5 Å². The number of anilines is 2. The highest BCUT2D eigenvalue weighted by Crippen LogP contribution is 2.37. The van der Waals surface area contributed by atoms with E-state index in [1.54, 1.807) is 0 Å². The number of pyridine rings is 1. The molecule has 0 aliphatic carbocycles. The number of halogens is 1. The maximum atomic E-state index is 13.0. The Morgan fingerprint density at radius 3 is 2.60 bits per heavy atom. The van der Waals surface area contributed by atoms with Crippen LogP contribution in [0.15, 0.2) is 42.5 Å². The minimum absolute atomic E-state index is 0.258. The van der Waals surface area contributed by atoms with E-state index in [0.717, 1.165) is 46.6 Å². The highest BCUT2D eigenvalue weighted by Gasteiger charge is 2.19. The van der Waals surface area contributed by atoms with Gasteiger partial charge in [-0.1, -0.05) is 35.9 Å². The number of fused-ring (bicyclic) bond motifs is 1. The number of rotatable bonds is 4. The minimum atomic E-state index is -0.258. The molecular formula is C24H25ClN4O. The molecule has 0 atom stereocenters. The maximum absolute atomic E-state index is 13.0. The van der Waals surface area contributed by atoms with Crippen molar-refractivity contribution in [2.75, 3.05) is 24.2 Å². The predicted octanol–water partition coefficient (Wildman–Crippen LogP) is 4.96. The fourth-order valence-electron chi connectivity index (χ4n) is 4.01. The Balaban J connectivity index is 1.66. The van der Waals surface area contributed by atoms with Crippen LogP contribution in [-0.2, 0) is 13.0 Å². The highest BCUT2D eigenvalue weighted by atomic mass is 35.5. The van der Waals surface area contributed by atoms with E-state index in [4.69, 9.17) is 11.6 Å². The van der Waals surface area contributed by atoms with E-state index in [-0.39, 0.29) is 5.91 Å². The van der Waals surface area contributed by atoms with Crippen molar-refractivity contribution in [1.29, 1.82) is 0 Å². The Kier molecular flexibility index (Phi) is 5.75. The molecule has 0 bridgehead atoms. The molecule has 6 heteroatoms. The van der Waals surface area contributed by atoms with E-state index in [2.05, 4.69) is 27.9 Å². The number of amides is 1. The van der Waals surface area contributed by atoms with Crippen molar-refractivity contribution in [3.63, 3.8) is 0 Å². The van der Waals surface area contributed by atoms with Gasteiger partial charge in [0.25, 0.3) is 5.91 Å². The number of nitrogens with one attached hydrogen (secondary N) is 3. The molecule has 0 saturated heterocycles. The molecule has 4 rings (SSSR count). The molecule has 3 N–H and O–H groups in total. The molecule has 1 aromatic heterocycles. The van der Waals surface area contributed by atoms with Crippen LogP contribution < -0.4 is 16.0 Å². The maximum Gasteiger partial charge on any atom is 0.274 e. The summed E-state index contributed by atoms with van der Waals surface area (Å²) in [7, 11) is 1.90. The van der Waals surface area contributed by atoms with Crippen LogP contribution >= 0.6 is 11.6 Å². The summed E-state index contributed by atoms with van der Waals surface area (Å²) in [6.45, 7) is 5.72. The van der Waals surface area contributed by atoms with Crippen molar-refractivity contribution in [1.82, 2.24) is 10.3 Å². The van der Waals surface area contributed by atoms with Crippen LogP contribution in [0.25, 0.3) is 11.1 Å². The van der Waals surface area contributed by atoms with Gasteiger partial charge in [0.15, 0.2) is 0 Å². The summed E-state index contributed by atoms with van der Waals surface area (Å²) in [5.41, 5.74) is 8.32. The average molecular weight is 421 g/mol. The summed E-state index contributed by atoms with van der Waals surface area (Å²) in [6.07, 6.45) is 0.939. The van der Waals surface area contributed by atoms with Crippen LogP contribution in [0.2, 0.25) is 5.02 Å². The van der Waals surface area contributed by atoms with Gasteiger partial charge >= 0.3 is 0 Å². The summed E-state index contributed by atoms with van der Waals surface area (Å²) < 4.78 is 0. The van der Waals surface area contributed by atoms with Crippen LogP contribution in [0.1, 0.15) is 32.9 Å². The van der Waals surface area contributed by atoms with Gasteiger partial charge in [0.2, 0.25) is 0 Å². The molecule has 1 aliphatic heterocycles. The number of carbonyl (C=O) groups excluding carboxylic acids is 1. The second-order valence-electron chi connectivity index (χ2n) is 7.53. The number of hydrogen-bond acceptors (Lipinski definition) is 4. The molecule has 0 radical (unpaired) electrons. The summed E-state index contributed by atoms with van der Waals surface area (Å²) in [4.78, 5) is 17.5. The van der Waals surface area contributed by atoms with Gasteiger partial charge in [-0.3, -0.25) is 4.79 Å². The highest BCUT2D eigenvalue weighted by molar-refractivity contribution is 6.36. The molecule has 0 saturated carbocycles. The van der Waals surface area contributed by atoms with Crippen LogP contribution in [0.4, 0.5) is 11.4 Å². The Hall–Kier alpha value is -2.89. The molecule has 0 unspecified atom stereocenters. The average Bonchev–Trinajstić information content (AvgIpc) is 2.75. The summed E-state index contributed by atoms with van der Waals surface area (Å²) >= 11 is 6.72. The van der Waals surface area contributed by atoms with E-state index < -0.39 is 0 Å². The number of aromatic nitrogens is 1. The van der Waals surface area contributed by atoms with Gasteiger partial charge in [-0.05, 0) is 67.3 Å². The Morgan fingerprint density at radius 1 is 1.10 bits per heavy atom.